The second kappa shape index (κ2) is 12.3. The molecule has 0 radical (unpaired) electrons. The van der Waals surface area contributed by atoms with Crippen LogP contribution in [0.1, 0.15) is 26.3 Å². The molecule has 0 bridgehead atoms. The molecule has 3 rings (SSSR count). The summed E-state index contributed by atoms with van der Waals surface area (Å²) in [6, 6.07) is 23.9. The molecule has 1 unspecified atom stereocenters. The van der Waals surface area contributed by atoms with Crippen molar-refractivity contribution >= 4 is 25.5 Å². The van der Waals surface area contributed by atoms with Gasteiger partial charge in [0.05, 0.1) is 7.11 Å². The van der Waals surface area contributed by atoms with Gasteiger partial charge in [-0.2, -0.15) is 0 Å². The maximum Gasteiger partial charge on any atom is 0.453 e. The molecule has 3 aromatic carbocycles. The van der Waals surface area contributed by atoms with Crippen LogP contribution in [-0.4, -0.2) is 30.7 Å². The molecular formula is C27H31N2O7P. The van der Waals surface area contributed by atoms with Crippen LogP contribution < -0.4 is 19.7 Å². The molecule has 0 saturated heterocycles. The molecule has 0 aliphatic heterocycles. The third kappa shape index (κ3) is 8.88. The first kappa shape index (κ1) is 27.6. The molecule has 2 N–H and O–H groups in total. The summed E-state index contributed by atoms with van der Waals surface area (Å²) in [4.78, 5) is 24.3. The van der Waals surface area contributed by atoms with Crippen LogP contribution in [0.4, 0.5) is 15.3 Å². The van der Waals surface area contributed by atoms with Crippen molar-refractivity contribution in [1.29, 1.82) is 0 Å². The van der Waals surface area contributed by atoms with Crippen LogP contribution in [0.25, 0.3) is 0 Å². The Labute approximate surface area is 216 Å². The summed E-state index contributed by atoms with van der Waals surface area (Å²) in [7, 11) is -2.85. The van der Waals surface area contributed by atoms with Gasteiger partial charge in [0.2, 0.25) is 0 Å². The fraction of sp³-hybridized carbons (Fsp3) is 0.259. The quantitative estimate of drug-likeness (QED) is 0.302. The molecule has 0 heterocycles. The average Bonchev–Trinajstić information content (AvgIpc) is 2.84. The van der Waals surface area contributed by atoms with Crippen molar-refractivity contribution in [2.75, 3.05) is 12.4 Å². The van der Waals surface area contributed by atoms with E-state index in [4.69, 9.17) is 18.5 Å². The van der Waals surface area contributed by atoms with Gasteiger partial charge >= 0.3 is 19.8 Å². The maximum absolute atomic E-state index is 14.3. The second-order valence-electron chi connectivity index (χ2n) is 9.03. The molecule has 0 aromatic heterocycles. The van der Waals surface area contributed by atoms with Gasteiger partial charge in [0, 0.05) is 12.1 Å². The number of methoxy groups -OCH3 is 1. The van der Waals surface area contributed by atoms with E-state index in [9.17, 15) is 14.2 Å². The molecule has 2 amide bonds. The van der Waals surface area contributed by atoms with Crippen molar-refractivity contribution in [2.45, 2.75) is 38.6 Å². The zero-order valence-electron chi connectivity index (χ0n) is 21.2. The summed E-state index contributed by atoms with van der Waals surface area (Å²) < 4.78 is 36.1. The first-order valence-corrected chi connectivity index (χ1v) is 13.2. The first-order valence-electron chi connectivity index (χ1n) is 11.6. The summed E-state index contributed by atoms with van der Waals surface area (Å²) >= 11 is 0. The van der Waals surface area contributed by atoms with E-state index >= 15 is 0 Å². The lowest BCUT2D eigenvalue weighted by Crippen LogP contribution is -2.38. The lowest BCUT2D eigenvalue weighted by Gasteiger charge is -2.28. The predicted molar refractivity (Wildman–Crippen MR) is 141 cm³/mol. The number of alkyl carbamates (subject to hydrolysis) is 1. The van der Waals surface area contributed by atoms with E-state index in [-0.39, 0.29) is 6.42 Å². The Hall–Kier alpha value is -3.97. The topological polar surface area (TPSA) is 112 Å². The average molecular weight is 527 g/mol. The van der Waals surface area contributed by atoms with Crippen LogP contribution in [0.3, 0.4) is 0 Å². The molecule has 37 heavy (non-hydrogen) atoms. The smallest absolute Gasteiger partial charge is 0.453 e. The number of amides is 2. The number of ether oxygens (including phenoxy) is 2. The Balaban J connectivity index is 1.87. The van der Waals surface area contributed by atoms with Crippen molar-refractivity contribution in [3.05, 3.63) is 90.5 Å². The minimum atomic E-state index is -4.07. The van der Waals surface area contributed by atoms with Gasteiger partial charge in [-0.3, -0.25) is 5.32 Å². The highest BCUT2D eigenvalue weighted by molar-refractivity contribution is 7.55. The zero-order chi connectivity index (χ0) is 26.9. The molecule has 0 aliphatic rings. The van der Waals surface area contributed by atoms with Crippen LogP contribution in [0.5, 0.6) is 11.5 Å². The van der Waals surface area contributed by atoms with E-state index in [1.54, 1.807) is 106 Å². The van der Waals surface area contributed by atoms with E-state index in [0.29, 0.717) is 22.7 Å². The standard InChI is InChI=1S/C27H31N2O7P/c1-27(2,3)34-26(31)28-21-17-15-20(16-18-21)19-24(29-25(30)33-4)37(32,35-22-11-7-5-8-12-22)36-23-13-9-6-10-14-23/h5-18,24H,19H2,1-4H3,(H,28,31)(H,29,30). The Kier molecular flexibility index (Phi) is 9.20. The predicted octanol–water partition coefficient (Wildman–Crippen LogP) is 6.61. The number of carbonyl (C=O) groups is 2. The van der Waals surface area contributed by atoms with Crippen molar-refractivity contribution < 1.29 is 32.7 Å². The van der Waals surface area contributed by atoms with Crippen molar-refractivity contribution in [3.8, 4) is 11.5 Å². The van der Waals surface area contributed by atoms with Gasteiger partial charge in [0.25, 0.3) is 0 Å². The summed E-state index contributed by atoms with van der Waals surface area (Å²) in [5.74, 6) is -0.476. The van der Waals surface area contributed by atoms with Crippen molar-refractivity contribution in [3.63, 3.8) is 0 Å². The van der Waals surface area contributed by atoms with Crippen molar-refractivity contribution in [2.24, 2.45) is 0 Å². The van der Waals surface area contributed by atoms with Crippen molar-refractivity contribution in [1.82, 2.24) is 5.32 Å². The first-order chi connectivity index (χ1) is 17.6. The molecule has 3 aromatic rings. The highest BCUT2D eigenvalue weighted by Crippen LogP contribution is 2.53. The normalized spacial score (nSPS) is 12.1. The highest BCUT2D eigenvalue weighted by atomic mass is 31.2. The Morgan fingerprint density at radius 1 is 0.811 bits per heavy atom. The number of nitrogens with one attached hydrogen (secondary N) is 2. The molecular weight excluding hydrogens is 495 g/mol. The molecule has 1 atom stereocenters. The number of benzene rings is 3. The van der Waals surface area contributed by atoms with E-state index in [1.165, 1.54) is 7.11 Å². The van der Waals surface area contributed by atoms with Gasteiger partial charge in [0.1, 0.15) is 17.1 Å². The second-order valence-corrected chi connectivity index (χ2v) is 11.1. The van der Waals surface area contributed by atoms with Crippen LogP contribution in [-0.2, 0) is 20.5 Å². The molecule has 0 saturated carbocycles. The Morgan fingerprint density at radius 3 is 1.78 bits per heavy atom. The van der Waals surface area contributed by atoms with E-state index < -0.39 is 31.2 Å². The number of hydrogen-bond acceptors (Lipinski definition) is 7. The number of hydrogen-bond donors (Lipinski definition) is 2. The van der Waals surface area contributed by atoms with Crippen LogP contribution in [0, 0.1) is 0 Å². The lowest BCUT2D eigenvalue weighted by atomic mass is 10.1. The molecule has 9 nitrogen and oxygen atoms in total. The molecule has 0 spiro atoms. The Bertz CT molecular complexity index is 1170. The van der Waals surface area contributed by atoms with Crippen LogP contribution in [0.15, 0.2) is 84.9 Å². The zero-order valence-corrected chi connectivity index (χ0v) is 22.1. The summed E-state index contributed by atoms with van der Waals surface area (Å²) in [6.45, 7) is 5.33. The minimum Gasteiger partial charge on any atom is -0.453 e. The fourth-order valence-corrected chi connectivity index (χ4v) is 5.03. The van der Waals surface area contributed by atoms with Gasteiger partial charge in [-0.15, -0.1) is 0 Å². The van der Waals surface area contributed by atoms with Gasteiger partial charge in [0.15, 0.2) is 5.78 Å². The third-order valence-corrected chi connectivity index (χ3v) is 6.84. The molecule has 0 fully saturated rings. The fourth-order valence-electron chi connectivity index (χ4n) is 3.21. The van der Waals surface area contributed by atoms with Gasteiger partial charge in [-0.25, -0.2) is 14.2 Å². The SMILES string of the molecule is COC(=O)NC(Cc1ccc(NC(=O)OC(C)(C)C)cc1)P(=O)(Oc1ccccc1)Oc1ccccc1. The number of para-hydroxylation sites is 2. The van der Waals surface area contributed by atoms with E-state index in [0.717, 1.165) is 0 Å². The third-order valence-electron chi connectivity index (χ3n) is 4.83. The van der Waals surface area contributed by atoms with Gasteiger partial charge in [-0.05, 0) is 62.7 Å². The molecule has 10 heteroatoms. The number of rotatable bonds is 9. The van der Waals surface area contributed by atoms with E-state index in [1.807, 2.05) is 0 Å². The lowest BCUT2D eigenvalue weighted by molar-refractivity contribution is 0.0636. The largest absolute Gasteiger partial charge is 0.453 e. The summed E-state index contributed by atoms with van der Waals surface area (Å²) in [5.41, 5.74) is 0.583. The van der Waals surface area contributed by atoms with E-state index in [2.05, 4.69) is 10.6 Å². The van der Waals surface area contributed by atoms with Gasteiger partial charge in [-0.1, -0.05) is 48.5 Å². The molecule has 0 aliphatic carbocycles. The Morgan fingerprint density at radius 2 is 1.32 bits per heavy atom. The highest BCUT2D eigenvalue weighted by Gasteiger charge is 2.41. The molecule has 196 valence electrons. The maximum atomic E-state index is 14.3. The summed E-state index contributed by atoms with van der Waals surface area (Å²) in [5, 5.41) is 5.27. The van der Waals surface area contributed by atoms with Crippen LogP contribution in [0.2, 0.25) is 0 Å². The number of anilines is 1. The number of carbonyl (C=O) groups excluding carboxylic acids is 2. The monoisotopic (exact) mass is 526 g/mol. The van der Waals surface area contributed by atoms with Gasteiger partial charge < -0.3 is 23.8 Å². The summed E-state index contributed by atoms with van der Waals surface area (Å²) in [6.07, 6.45) is -1.29. The minimum absolute atomic E-state index is 0.0821. The van der Waals surface area contributed by atoms with Crippen LogP contribution >= 0.6 is 7.60 Å².